The molecule has 1 aliphatic heterocycles. The zero-order valence-corrected chi connectivity index (χ0v) is 13.3. The summed E-state index contributed by atoms with van der Waals surface area (Å²) in [4.78, 5) is 0.150. The summed E-state index contributed by atoms with van der Waals surface area (Å²) in [5.41, 5.74) is 2.83. The molecule has 102 valence electrons. The molecule has 2 rings (SSSR count). The van der Waals surface area contributed by atoms with Gasteiger partial charge in [-0.05, 0) is 24.3 Å². The molecule has 1 aliphatic carbocycles. The monoisotopic (exact) mass is 314 g/mol. The second kappa shape index (κ2) is 5.10. The summed E-state index contributed by atoms with van der Waals surface area (Å²) in [6.45, 7) is 10.3. The van der Waals surface area contributed by atoms with Crippen LogP contribution in [0.3, 0.4) is 0 Å². The summed E-state index contributed by atoms with van der Waals surface area (Å²) in [6.07, 6.45) is 6.47. The molecule has 0 N–H and O–H groups in total. The molecule has 0 aromatic heterocycles. The zero-order valence-electron chi connectivity index (χ0n) is 11.8. The SMILES string of the molecule is CCC=CC1=C(C)C(Br)C2(CC1(C)C)OCCO2. The van der Waals surface area contributed by atoms with Crippen LogP contribution in [0.25, 0.3) is 0 Å². The van der Waals surface area contributed by atoms with Gasteiger partial charge in [-0.15, -0.1) is 0 Å². The molecular formula is C15H23BrO2. The van der Waals surface area contributed by atoms with E-state index in [1.807, 2.05) is 0 Å². The third kappa shape index (κ3) is 2.33. The summed E-state index contributed by atoms with van der Waals surface area (Å²) >= 11 is 3.78. The van der Waals surface area contributed by atoms with E-state index >= 15 is 0 Å². The van der Waals surface area contributed by atoms with E-state index in [1.165, 1.54) is 11.1 Å². The van der Waals surface area contributed by atoms with E-state index in [0.717, 1.165) is 12.8 Å². The van der Waals surface area contributed by atoms with E-state index in [4.69, 9.17) is 9.47 Å². The molecule has 0 saturated carbocycles. The highest BCUT2D eigenvalue weighted by molar-refractivity contribution is 9.09. The van der Waals surface area contributed by atoms with Crippen molar-refractivity contribution in [3.63, 3.8) is 0 Å². The topological polar surface area (TPSA) is 18.5 Å². The number of allylic oxidation sites excluding steroid dienone is 3. The van der Waals surface area contributed by atoms with Gasteiger partial charge in [0.2, 0.25) is 0 Å². The van der Waals surface area contributed by atoms with Crippen molar-refractivity contribution >= 4 is 15.9 Å². The van der Waals surface area contributed by atoms with Crippen molar-refractivity contribution in [2.75, 3.05) is 13.2 Å². The molecule has 18 heavy (non-hydrogen) atoms. The van der Waals surface area contributed by atoms with Crippen molar-refractivity contribution in [1.29, 1.82) is 0 Å². The summed E-state index contributed by atoms with van der Waals surface area (Å²) in [5.74, 6) is -0.461. The van der Waals surface area contributed by atoms with Crippen LogP contribution in [0.2, 0.25) is 0 Å². The molecule has 1 unspecified atom stereocenters. The fourth-order valence-corrected chi connectivity index (χ4v) is 3.79. The molecule has 2 nitrogen and oxygen atoms in total. The van der Waals surface area contributed by atoms with Crippen LogP contribution >= 0.6 is 15.9 Å². The molecule has 0 amide bonds. The van der Waals surface area contributed by atoms with E-state index in [9.17, 15) is 0 Å². The molecule has 1 spiro atoms. The third-order valence-corrected chi connectivity index (χ3v) is 5.29. The Morgan fingerprint density at radius 2 is 1.94 bits per heavy atom. The Bertz CT molecular complexity index is 376. The second-order valence-corrected chi connectivity index (χ2v) is 6.75. The maximum absolute atomic E-state index is 5.93. The van der Waals surface area contributed by atoms with Crippen LogP contribution in [0.5, 0.6) is 0 Å². The van der Waals surface area contributed by atoms with Gasteiger partial charge in [0.15, 0.2) is 5.79 Å². The van der Waals surface area contributed by atoms with E-state index in [2.05, 4.69) is 55.8 Å². The first-order valence-electron chi connectivity index (χ1n) is 6.73. The van der Waals surface area contributed by atoms with Gasteiger partial charge in [-0.25, -0.2) is 0 Å². The third-order valence-electron chi connectivity index (χ3n) is 3.90. The fraction of sp³-hybridized carbons (Fsp3) is 0.733. The Balaban J connectivity index is 2.40. The number of ether oxygens (including phenoxy) is 2. The molecule has 3 heteroatoms. The quantitative estimate of drug-likeness (QED) is 0.711. The average molecular weight is 315 g/mol. The van der Waals surface area contributed by atoms with Crippen LogP contribution in [0.4, 0.5) is 0 Å². The van der Waals surface area contributed by atoms with Crippen molar-refractivity contribution < 1.29 is 9.47 Å². The maximum atomic E-state index is 5.93. The highest BCUT2D eigenvalue weighted by Gasteiger charge is 2.52. The van der Waals surface area contributed by atoms with Crippen molar-refractivity contribution in [2.24, 2.45) is 5.41 Å². The van der Waals surface area contributed by atoms with Crippen LogP contribution in [0.1, 0.15) is 40.5 Å². The number of alkyl halides is 1. The van der Waals surface area contributed by atoms with Gasteiger partial charge in [-0.1, -0.05) is 54.4 Å². The Kier molecular flexibility index (Phi) is 4.05. The lowest BCUT2D eigenvalue weighted by Gasteiger charge is -2.45. The number of hydrogen-bond donors (Lipinski definition) is 0. The average Bonchev–Trinajstić information content (AvgIpc) is 2.75. The van der Waals surface area contributed by atoms with E-state index in [-0.39, 0.29) is 10.2 Å². The zero-order chi connectivity index (χ0) is 13.4. The van der Waals surface area contributed by atoms with Crippen molar-refractivity contribution in [2.45, 2.75) is 51.2 Å². The number of halogens is 1. The predicted molar refractivity (Wildman–Crippen MR) is 77.9 cm³/mol. The first kappa shape index (κ1) is 14.3. The Hall–Kier alpha value is -0.120. The van der Waals surface area contributed by atoms with Crippen LogP contribution in [-0.2, 0) is 9.47 Å². The van der Waals surface area contributed by atoms with E-state index in [0.29, 0.717) is 13.2 Å². The molecule has 0 aromatic rings. The van der Waals surface area contributed by atoms with Crippen molar-refractivity contribution in [3.05, 3.63) is 23.3 Å². The van der Waals surface area contributed by atoms with Gasteiger partial charge in [0.25, 0.3) is 0 Å². The fourth-order valence-electron chi connectivity index (χ4n) is 3.11. The van der Waals surface area contributed by atoms with Gasteiger partial charge in [-0.3, -0.25) is 0 Å². The van der Waals surface area contributed by atoms with Crippen LogP contribution in [-0.4, -0.2) is 23.8 Å². The minimum absolute atomic E-state index is 0.0877. The lowest BCUT2D eigenvalue weighted by atomic mass is 9.70. The Labute approximate surface area is 119 Å². The first-order valence-corrected chi connectivity index (χ1v) is 7.64. The molecular weight excluding hydrogens is 292 g/mol. The molecule has 1 heterocycles. The maximum Gasteiger partial charge on any atom is 0.185 e. The first-order chi connectivity index (χ1) is 8.43. The second-order valence-electron chi connectivity index (χ2n) is 5.84. The van der Waals surface area contributed by atoms with Gasteiger partial charge >= 0.3 is 0 Å². The molecule has 2 aliphatic rings. The lowest BCUT2D eigenvalue weighted by molar-refractivity contribution is -0.172. The van der Waals surface area contributed by atoms with Gasteiger partial charge in [0.05, 0.1) is 18.0 Å². The summed E-state index contributed by atoms with van der Waals surface area (Å²) in [5, 5.41) is 0. The minimum Gasteiger partial charge on any atom is -0.346 e. The minimum atomic E-state index is -0.461. The largest absolute Gasteiger partial charge is 0.346 e. The summed E-state index contributed by atoms with van der Waals surface area (Å²) in [6, 6.07) is 0. The predicted octanol–water partition coefficient (Wildman–Crippen LogP) is 4.21. The summed E-state index contributed by atoms with van der Waals surface area (Å²) < 4.78 is 11.9. The van der Waals surface area contributed by atoms with Crippen LogP contribution < -0.4 is 0 Å². The van der Waals surface area contributed by atoms with E-state index < -0.39 is 5.79 Å². The molecule has 0 radical (unpaired) electrons. The van der Waals surface area contributed by atoms with Gasteiger partial charge in [0.1, 0.15) is 0 Å². The van der Waals surface area contributed by atoms with Crippen LogP contribution in [0, 0.1) is 5.41 Å². The molecule has 1 saturated heterocycles. The molecule has 0 bridgehead atoms. The number of rotatable bonds is 2. The Morgan fingerprint density at radius 1 is 1.33 bits per heavy atom. The van der Waals surface area contributed by atoms with Crippen LogP contribution in [0.15, 0.2) is 23.3 Å². The van der Waals surface area contributed by atoms with Gasteiger partial charge in [0, 0.05) is 6.42 Å². The van der Waals surface area contributed by atoms with Gasteiger partial charge < -0.3 is 9.47 Å². The van der Waals surface area contributed by atoms with Crippen molar-refractivity contribution in [3.8, 4) is 0 Å². The number of hydrogen-bond acceptors (Lipinski definition) is 2. The highest BCUT2D eigenvalue weighted by Crippen LogP contribution is 2.51. The molecule has 0 aromatic carbocycles. The van der Waals surface area contributed by atoms with E-state index in [1.54, 1.807) is 0 Å². The molecule has 1 atom stereocenters. The van der Waals surface area contributed by atoms with Gasteiger partial charge in [-0.2, -0.15) is 0 Å². The Morgan fingerprint density at radius 3 is 2.50 bits per heavy atom. The molecule has 1 fully saturated rings. The normalized spacial score (nSPS) is 30.6. The standard InChI is InChI=1S/C15H23BrO2/c1-5-6-7-12-11(2)13(16)15(10-14(12,3)4)17-8-9-18-15/h6-7,13H,5,8-10H2,1-4H3. The van der Waals surface area contributed by atoms with Crippen molar-refractivity contribution in [1.82, 2.24) is 0 Å². The lowest BCUT2D eigenvalue weighted by Crippen LogP contribution is -2.48. The summed E-state index contributed by atoms with van der Waals surface area (Å²) in [7, 11) is 0. The highest BCUT2D eigenvalue weighted by atomic mass is 79.9. The smallest absolute Gasteiger partial charge is 0.185 e.